The van der Waals surface area contributed by atoms with Gasteiger partial charge in [0.25, 0.3) is 0 Å². The number of hydrogen-bond acceptors (Lipinski definition) is 5. The number of carboxylic acid groups (broad SMARTS) is 1. The minimum Gasteiger partial charge on any atom is -0.497 e. The fraction of sp³-hybridized carbons (Fsp3) is 0.125. The van der Waals surface area contributed by atoms with Crippen molar-refractivity contribution in [3.05, 3.63) is 48.0 Å². The molecule has 6 nitrogen and oxygen atoms in total. The smallest absolute Gasteiger partial charge is 0.373 e. The van der Waals surface area contributed by atoms with E-state index in [1.54, 1.807) is 31.4 Å². The maximum atomic E-state index is 11.3. The third kappa shape index (κ3) is 4.19. The summed E-state index contributed by atoms with van der Waals surface area (Å²) in [6, 6.07) is 12.2. The van der Waals surface area contributed by atoms with Gasteiger partial charge in [-0.3, -0.25) is 0 Å². The van der Waals surface area contributed by atoms with Gasteiger partial charge in [-0.2, -0.15) is 9.59 Å². The third-order valence-corrected chi connectivity index (χ3v) is 2.86. The van der Waals surface area contributed by atoms with Crippen LogP contribution < -0.4 is 9.47 Å². The lowest BCUT2D eigenvalue weighted by Crippen LogP contribution is -2.00. The van der Waals surface area contributed by atoms with Crippen LogP contribution in [0.25, 0.3) is 11.1 Å². The molecule has 0 bridgehead atoms. The molecule has 0 aliphatic heterocycles. The van der Waals surface area contributed by atoms with E-state index >= 15 is 0 Å². The van der Waals surface area contributed by atoms with Gasteiger partial charge in [-0.05, 0) is 41.5 Å². The van der Waals surface area contributed by atoms with Gasteiger partial charge >= 0.3 is 12.1 Å². The number of aromatic carboxylic acids is 1. The van der Waals surface area contributed by atoms with Crippen molar-refractivity contribution in [3.8, 4) is 22.6 Å². The minimum absolute atomic E-state index is 0.213. The first-order valence-electron chi connectivity index (χ1n) is 6.12. The summed E-state index contributed by atoms with van der Waals surface area (Å²) in [5.41, 5.74) is 1.68. The predicted molar refractivity (Wildman–Crippen MR) is 76.9 cm³/mol. The summed E-state index contributed by atoms with van der Waals surface area (Å²) in [5.74, 6) is 0.272. The Balaban J connectivity index is 0.000000745. The van der Waals surface area contributed by atoms with E-state index in [9.17, 15) is 9.90 Å². The first kappa shape index (κ1) is 16.9. The predicted octanol–water partition coefficient (Wildman–Crippen LogP) is 2.49. The van der Waals surface area contributed by atoms with Crippen LogP contribution in [0.3, 0.4) is 0 Å². The molecule has 0 radical (unpaired) electrons. The Morgan fingerprint density at radius 1 is 0.955 bits per heavy atom. The van der Waals surface area contributed by atoms with E-state index in [0.29, 0.717) is 11.3 Å². The van der Waals surface area contributed by atoms with Crippen molar-refractivity contribution in [2.45, 2.75) is 0 Å². The highest BCUT2D eigenvalue weighted by molar-refractivity contribution is 5.96. The van der Waals surface area contributed by atoms with E-state index in [1.807, 2.05) is 12.1 Å². The monoisotopic (exact) mass is 302 g/mol. The second-order valence-electron chi connectivity index (χ2n) is 4.03. The van der Waals surface area contributed by atoms with Gasteiger partial charge < -0.3 is 14.6 Å². The molecule has 0 unspecified atom stereocenters. The fourth-order valence-electron chi connectivity index (χ4n) is 1.85. The van der Waals surface area contributed by atoms with E-state index in [4.69, 9.17) is 19.1 Å². The quantitative estimate of drug-likeness (QED) is 0.933. The molecule has 6 heteroatoms. The zero-order valence-corrected chi connectivity index (χ0v) is 12.0. The molecule has 0 saturated carbocycles. The van der Waals surface area contributed by atoms with Gasteiger partial charge in [-0.1, -0.05) is 12.1 Å². The molecule has 114 valence electrons. The molecular weight excluding hydrogens is 288 g/mol. The van der Waals surface area contributed by atoms with Crippen molar-refractivity contribution in [2.24, 2.45) is 0 Å². The summed E-state index contributed by atoms with van der Waals surface area (Å²) >= 11 is 0. The highest BCUT2D eigenvalue weighted by Gasteiger charge is 2.13. The number of carboxylic acids is 1. The Morgan fingerprint density at radius 3 is 1.91 bits per heavy atom. The zero-order chi connectivity index (χ0) is 16.5. The topological polar surface area (TPSA) is 89.9 Å². The van der Waals surface area contributed by atoms with Crippen LogP contribution in [0.1, 0.15) is 10.4 Å². The maximum absolute atomic E-state index is 11.3. The molecule has 22 heavy (non-hydrogen) atoms. The summed E-state index contributed by atoms with van der Waals surface area (Å²) in [5, 5.41) is 9.27. The molecule has 1 N–H and O–H groups in total. The van der Waals surface area contributed by atoms with Crippen molar-refractivity contribution in [2.75, 3.05) is 14.2 Å². The van der Waals surface area contributed by atoms with Gasteiger partial charge in [0.1, 0.15) is 11.5 Å². The Bertz CT molecular complexity index is 670. The summed E-state index contributed by atoms with van der Waals surface area (Å²) < 4.78 is 10.1. The number of hydrogen-bond donors (Lipinski definition) is 1. The molecule has 2 aromatic carbocycles. The molecule has 0 aliphatic carbocycles. The Morgan fingerprint density at radius 2 is 1.45 bits per heavy atom. The van der Waals surface area contributed by atoms with Gasteiger partial charge in [0.2, 0.25) is 0 Å². The molecule has 0 spiro atoms. The molecule has 0 amide bonds. The molecule has 0 fully saturated rings. The summed E-state index contributed by atoms with van der Waals surface area (Å²) in [6.45, 7) is 0. The minimum atomic E-state index is -0.982. The zero-order valence-electron chi connectivity index (χ0n) is 12.0. The molecule has 0 aromatic heterocycles. The van der Waals surface area contributed by atoms with Gasteiger partial charge in [-0.25, -0.2) is 4.79 Å². The second kappa shape index (κ2) is 8.24. The lowest BCUT2D eigenvalue weighted by Gasteiger charge is -2.09. The first-order valence-corrected chi connectivity index (χ1v) is 6.12. The van der Waals surface area contributed by atoms with Crippen LogP contribution in [0.5, 0.6) is 11.5 Å². The number of carbonyl (C=O) groups excluding carboxylic acids is 2. The average molecular weight is 302 g/mol. The van der Waals surface area contributed by atoms with E-state index in [2.05, 4.69) is 0 Å². The number of benzene rings is 2. The molecule has 2 aromatic rings. The van der Waals surface area contributed by atoms with Crippen LogP contribution in [0.15, 0.2) is 42.5 Å². The second-order valence-corrected chi connectivity index (χ2v) is 4.03. The highest BCUT2D eigenvalue weighted by Crippen LogP contribution is 2.28. The van der Waals surface area contributed by atoms with Crippen LogP contribution in [-0.2, 0) is 9.59 Å². The summed E-state index contributed by atoms with van der Waals surface area (Å²) in [7, 11) is 3.10. The molecule has 0 atom stereocenters. The van der Waals surface area contributed by atoms with Crippen molar-refractivity contribution >= 4 is 12.1 Å². The Hall–Kier alpha value is -3.11. The van der Waals surface area contributed by atoms with E-state index < -0.39 is 5.97 Å². The Labute approximate surface area is 126 Å². The maximum Gasteiger partial charge on any atom is 0.373 e. The van der Waals surface area contributed by atoms with Gasteiger partial charge in [0.15, 0.2) is 0 Å². The molecule has 0 aliphatic rings. The lowest BCUT2D eigenvalue weighted by atomic mass is 9.99. The average Bonchev–Trinajstić information content (AvgIpc) is 2.55. The number of methoxy groups -OCH3 is 2. The SMILES string of the molecule is COc1ccc(-c2ccc(OC)cc2C(=O)O)cc1.O=C=O. The Kier molecular flexibility index (Phi) is 6.34. The number of ether oxygens (including phenoxy) is 2. The highest BCUT2D eigenvalue weighted by atomic mass is 16.5. The molecular formula is C16H14O6. The van der Waals surface area contributed by atoms with E-state index in [-0.39, 0.29) is 11.7 Å². The van der Waals surface area contributed by atoms with E-state index in [1.165, 1.54) is 13.2 Å². The van der Waals surface area contributed by atoms with Gasteiger partial charge in [0, 0.05) is 0 Å². The summed E-state index contributed by atoms with van der Waals surface area (Å²) in [6.07, 6.45) is 0.250. The van der Waals surface area contributed by atoms with Crippen molar-refractivity contribution in [1.29, 1.82) is 0 Å². The molecule has 0 heterocycles. The fourth-order valence-corrected chi connectivity index (χ4v) is 1.85. The van der Waals surface area contributed by atoms with Crippen molar-refractivity contribution < 1.29 is 29.0 Å². The number of carbonyl (C=O) groups is 1. The standard InChI is InChI=1S/C15H14O4.CO2/c1-18-11-5-3-10(4-6-11)13-8-7-12(19-2)9-14(13)15(16)17;2-1-3/h3-9H,1-2H3,(H,16,17);. The van der Waals surface area contributed by atoms with Crippen molar-refractivity contribution in [3.63, 3.8) is 0 Å². The van der Waals surface area contributed by atoms with Crippen molar-refractivity contribution in [1.82, 2.24) is 0 Å². The third-order valence-electron chi connectivity index (χ3n) is 2.86. The lowest BCUT2D eigenvalue weighted by molar-refractivity contribution is -0.191. The van der Waals surface area contributed by atoms with Crippen LogP contribution in [-0.4, -0.2) is 31.4 Å². The number of rotatable bonds is 4. The van der Waals surface area contributed by atoms with Gasteiger partial charge in [0.05, 0.1) is 19.8 Å². The normalized spacial score (nSPS) is 9.00. The van der Waals surface area contributed by atoms with Crippen LogP contribution in [0, 0.1) is 0 Å². The van der Waals surface area contributed by atoms with Crippen LogP contribution in [0.2, 0.25) is 0 Å². The molecule has 0 saturated heterocycles. The molecule has 2 rings (SSSR count). The van der Waals surface area contributed by atoms with Crippen LogP contribution in [0.4, 0.5) is 0 Å². The van der Waals surface area contributed by atoms with E-state index in [0.717, 1.165) is 11.3 Å². The summed E-state index contributed by atoms with van der Waals surface area (Å²) in [4.78, 5) is 27.6. The van der Waals surface area contributed by atoms with Crippen LogP contribution >= 0.6 is 0 Å². The first-order chi connectivity index (χ1) is 10.6. The van der Waals surface area contributed by atoms with Gasteiger partial charge in [-0.15, -0.1) is 0 Å². The largest absolute Gasteiger partial charge is 0.497 e.